The first-order chi connectivity index (χ1) is 17.1. The van der Waals surface area contributed by atoms with Crippen LogP contribution in [0.1, 0.15) is 44.7 Å². The molecule has 9 nitrogen and oxygen atoms in total. The van der Waals surface area contributed by atoms with Gasteiger partial charge in [0.2, 0.25) is 5.95 Å². The number of ether oxygens (including phenoxy) is 1. The first kappa shape index (κ1) is 27.9. The molecule has 2 heterocycles. The molecule has 0 saturated carbocycles. The second kappa shape index (κ2) is 12.5. The number of aliphatic imine (C=N–C) groups is 1. The highest BCUT2D eigenvalue weighted by atomic mass is 35.5. The summed E-state index contributed by atoms with van der Waals surface area (Å²) in [5.41, 5.74) is 9.77. The van der Waals surface area contributed by atoms with Gasteiger partial charge in [0.15, 0.2) is 5.82 Å². The van der Waals surface area contributed by atoms with Gasteiger partial charge in [-0.15, -0.1) is 0 Å². The minimum atomic E-state index is -1.38. The molecule has 1 saturated heterocycles. The summed E-state index contributed by atoms with van der Waals surface area (Å²) >= 11 is 6.39. The Hall–Kier alpha value is -2.69. The molecular weight excluding hydrogens is 498 g/mol. The van der Waals surface area contributed by atoms with Crippen molar-refractivity contribution in [2.24, 2.45) is 16.6 Å². The van der Waals surface area contributed by atoms with Gasteiger partial charge >= 0.3 is 0 Å². The lowest BCUT2D eigenvalue weighted by atomic mass is 9.89. The Morgan fingerprint density at radius 3 is 2.67 bits per heavy atom. The van der Waals surface area contributed by atoms with E-state index in [4.69, 9.17) is 22.1 Å². The molecular formula is C25H36ClN7O2S. The minimum absolute atomic E-state index is 0.000281. The number of hydrogen-bond donors (Lipinski definition) is 4. The number of allylic oxidation sites excluding steroid dienone is 1. The number of nitrogens with one attached hydrogen (secondary N) is 3. The molecule has 0 spiro atoms. The molecule has 36 heavy (non-hydrogen) atoms. The third kappa shape index (κ3) is 7.18. The number of hydrogen-bond acceptors (Lipinski definition) is 9. The van der Waals surface area contributed by atoms with Crippen LogP contribution in [0, 0.1) is 12.8 Å². The molecule has 0 amide bonds. The molecule has 0 radical (unpaired) electrons. The number of rotatable bonds is 11. The summed E-state index contributed by atoms with van der Waals surface area (Å²) in [4.78, 5) is 12.9. The molecule has 0 bridgehead atoms. The number of benzene rings is 1. The molecule has 1 aromatic carbocycles. The van der Waals surface area contributed by atoms with Gasteiger partial charge < -0.3 is 26.4 Å². The number of aromatic nitrogens is 2. The van der Waals surface area contributed by atoms with Gasteiger partial charge in [0, 0.05) is 38.0 Å². The van der Waals surface area contributed by atoms with Crippen LogP contribution in [0.4, 0.5) is 17.5 Å². The molecule has 2 aromatic rings. The van der Waals surface area contributed by atoms with Gasteiger partial charge in [0.25, 0.3) is 0 Å². The molecule has 1 unspecified atom stereocenters. The van der Waals surface area contributed by atoms with Crippen LogP contribution < -0.4 is 26.4 Å². The lowest BCUT2D eigenvalue weighted by Crippen LogP contribution is -2.40. The van der Waals surface area contributed by atoms with E-state index >= 15 is 0 Å². The Morgan fingerprint density at radius 1 is 1.36 bits per heavy atom. The van der Waals surface area contributed by atoms with Crippen molar-refractivity contribution in [1.82, 2.24) is 15.3 Å². The number of anilines is 3. The summed E-state index contributed by atoms with van der Waals surface area (Å²) in [5.74, 6) is 2.51. The topological polar surface area (TPSA) is 127 Å². The van der Waals surface area contributed by atoms with Crippen molar-refractivity contribution in [2.75, 3.05) is 36.5 Å². The van der Waals surface area contributed by atoms with Crippen LogP contribution in [0.2, 0.25) is 5.02 Å². The van der Waals surface area contributed by atoms with Crippen molar-refractivity contribution < 1.29 is 8.95 Å². The molecule has 1 atom stereocenters. The van der Waals surface area contributed by atoms with E-state index in [1.54, 1.807) is 7.05 Å². The van der Waals surface area contributed by atoms with Crippen LogP contribution >= 0.6 is 11.6 Å². The van der Waals surface area contributed by atoms with E-state index in [9.17, 15) is 4.21 Å². The van der Waals surface area contributed by atoms with Crippen molar-refractivity contribution in [3.05, 3.63) is 45.2 Å². The van der Waals surface area contributed by atoms with Gasteiger partial charge in [-0.2, -0.15) is 4.98 Å². The van der Waals surface area contributed by atoms with Gasteiger partial charge in [0.1, 0.15) is 15.8 Å². The Balaban J connectivity index is 1.92. The monoisotopic (exact) mass is 533 g/mol. The van der Waals surface area contributed by atoms with Crippen LogP contribution in [-0.4, -0.2) is 52.4 Å². The van der Waals surface area contributed by atoms with Crippen LogP contribution in [-0.2, 0) is 10.8 Å². The van der Waals surface area contributed by atoms with E-state index in [2.05, 4.69) is 50.0 Å². The average molecular weight is 534 g/mol. The van der Waals surface area contributed by atoms with E-state index in [0.29, 0.717) is 29.1 Å². The molecule has 1 aromatic heterocycles. The standard InChI is InChI=1S/C25H36ClN7O2S/c1-14(2)13-36(34)23(27)21(12-28-6)31-24-19(26)11-30-25(33-24)32-20-7-16(5)18(17-9-29-10-17)8-22(20)35-15(3)4/h7-8,11-12,14-15,17,29H,9-10,13,27H2,1-6H3,(H2,30,31,32,33). The van der Waals surface area contributed by atoms with Gasteiger partial charge in [-0.05, 0) is 49.9 Å². The number of halogens is 1. The van der Waals surface area contributed by atoms with Crippen molar-refractivity contribution in [3.63, 3.8) is 0 Å². The van der Waals surface area contributed by atoms with Gasteiger partial charge in [-0.1, -0.05) is 25.4 Å². The molecule has 196 valence electrons. The second-order valence-corrected chi connectivity index (χ2v) is 11.3. The van der Waals surface area contributed by atoms with Gasteiger partial charge in [0.05, 0.1) is 34.5 Å². The largest absolute Gasteiger partial charge is 0.489 e. The van der Waals surface area contributed by atoms with Crippen molar-refractivity contribution in [2.45, 2.75) is 46.6 Å². The molecule has 5 N–H and O–H groups in total. The SMILES string of the molecule is CN=CC(Nc1nc(Nc2cc(C)c(C3CNC3)cc2OC(C)C)ncc1Cl)=C(N)S(=O)CC(C)C. The van der Waals surface area contributed by atoms with E-state index in [1.807, 2.05) is 27.7 Å². The summed E-state index contributed by atoms with van der Waals surface area (Å²) in [7, 11) is 0.231. The van der Waals surface area contributed by atoms with Crippen LogP contribution in [0.3, 0.4) is 0 Å². The quantitative estimate of drug-likeness (QED) is 0.315. The highest BCUT2D eigenvalue weighted by Gasteiger charge is 2.23. The van der Waals surface area contributed by atoms with E-state index < -0.39 is 10.8 Å². The molecule has 11 heteroatoms. The normalized spacial score (nSPS) is 15.7. The van der Waals surface area contributed by atoms with Crippen molar-refractivity contribution >= 4 is 46.1 Å². The smallest absolute Gasteiger partial charge is 0.229 e. The lowest BCUT2D eigenvalue weighted by molar-refractivity contribution is 0.243. The fourth-order valence-corrected chi connectivity index (χ4v) is 4.94. The third-order valence-corrected chi connectivity index (χ3v) is 7.41. The Kier molecular flexibility index (Phi) is 9.69. The van der Waals surface area contributed by atoms with Crippen LogP contribution in [0.25, 0.3) is 0 Å². The number of nitrogens with zero attached hydrogens (tertiary/aromatic N) is 3. The van der Waals surface area contributed by atoms with E-state index in [-0.39, 0.29) is 22.1 Å². The zero-order valence-corrected chi connectivity index (χ0v) is 23.3. The predicted molar refractivity (Wildman–Crippen MR) is 150 cm³/mol. The predicted octanol–water partition coefficient (Wildman–Crippen LogP) is 4.30. The Labute approximate surface area is 220 Å². The Morgan fingerprint density at radius 2 is 2.08 bits per heavy atom. The first-order valence-corrected chi connectivity index (χ1v) is 13.7. The number of aryl methyl sites for hydroxylation is 1. The maximum atomic E-state index is 12.6. The summed E-state index contributed by atoms with van der Waals surface area (Å²) in [6.07, 6.45) is 3.00. The summed E-state index contributed by atoms with van der Waals surface area (Å²) in [6, 6.07) is 4.15. The average Bonchev–Trinajstić information content (AvgIpc) is 2.76. The summed E-state index contributed by atoms with van der Waals surface area (Å²) in [5, 5.41) is 10.1. The van der Waals surface area contributed by atoms with Crippen LogP contribution in [0.5, 0.6) is 5.75 Å². The fourth-order valence-electron chi connectivity index (χ4n) is 3.67. The molecule has 0 aliphatic carbocycles. The second-order valence-electron chi connectivity index (χ2n) is 9.44. The number of nitrogens with two attached hydrogens (primary N) is 1. The van der Waals surface area contributed by atoms with Crippen molar-refractivity contribution in [3.8, 4) is 5.75 Å². The maximum Gasteiger partial charge on any atom is 0.229 e. The Bertz CT molecular complexity index is 1160. The third-order valence-electron chi connectivity index (χ3n) is 5.45. The van der Waals surface area contributed by atoms with E-state index in [0.717, 1.165) is 30.1 Å². The highest BCUT2D eigenvalue weighted by molar-refractivity contribution is 7.88. The van der Waals surface area contributed by atoms with Gasteiger partial charge in [-0.3, -0.25) is 9.20 Å². The zero-order chi connectivity index (χ0) is 26.4. The molecule has 1 aliphatic rings. The maximum absolute atomic E-state index is 12.6. The van der Waals surface area contributed by atoms with Gasteiger partial charge in [-0.25, -0.2) is 4.98 Å². The van der Waals surface area contributed by atoms with Crippen molar-refractivity contribution in [1.29, 1.82) is 0 Å². The lowest BCUT2D eigenvalue weighted by Gasteiger charge is -2.30. The minimum Gasteiger partial charge on any atom is -0.489 e. The van der Waals surface area contributed by atoms with E-state index in [1.165, 1.54) is 18.0 Å². The molecule has 1 fully saturated rings. The summed E-state index contributed by atoms with van der Waals surface area (Å²) < 4.78 is 18.8. The summed E-state index contributed by atoms with van der Waals surface area (Å²) in [6.45, 7) is 12.0. The molecule has 3 rings (SSSR count). The zero-order valence-electron chi connectivity index (χ0n) is 21.7. The first-order valence-electron chi connectivity index (χ1n) is 12.0. The fraction of sp³-hybridized carbons (Fsp3) is 0.480. The molecule has 1 aliphatic heterocycles. The van der Waals surface area contributed by atoms with Crippen LogP contribution in [0.15, 0.2) is 34.0 Å². The highest BCUT2D eigenvalue weighted by Crippen LogP contribution is 2.35.